The zero-order valence-electron chi connectivity index (χ0n) is 15.3. The SMILES string of the molecule is CCCCOC1(CC2=[C-]CC=C2)CC=CC=C1C(C)(C)C.[Cl-].[Cl-].[Ti+3]. The molecular weight excluding hydrogens is 375 g/mol. The van der Waals surface area contributed by atoms with E-state index in [9.17, 15) is 0 Å². The van der Waals surface area contributed by atoms with Gasteiger partial charge in [0.25, 0.3) is 0 Å². The van der Waals surface area contributed by atoms with E-state index in [1.165, 1.54) is 17.6 Å². The quantitative estimate of drug-likeness (QED) is 0.332. The number of ether oxygens (including phenoxy) is 1. The summed E-state index contributed by atoms with van der Waals surface area (Å²) in [5, 5.41) is 0. The molecule has 0 saturated carbocycles. The molecule has 0 aromatic carbocycles. The molecule has 0 aromatic heterocycles. The Morgan fingerprint density at radius 1 is 1.21 bits per heavy atom. The predicted octanol–water partition coefficient (Wildman–Crippen LogP) is -0.441. The van der Waals surface area contributed by atoms with Gasteiger partial charge in [0.1, 0.15) is 0 Å². The van der Waals surface area contributed by atoms with E-state index >= 15 is 0 Å². The van der Waals surface area contributed by atoms with Crippen molar-refractivity contribution in [3.8, 4) is 0 Å². The van der Waals surface area contributed by atoms with Gasteiger partial charge in [0.05, 0.1) is 5.60 Å². The zero-order valence-corrected chi connectivity index (χ0v) is 18.4. The normalized spacial score (nSPS) is 22.0. The number of hydrogen-bond donors (Lipinski definition) is 0. The van der Waals surface area contributed by atoms with Crippen molar-refractivity contribution in [2.24, 2.45) is 5.41 Å². The van der Waals surface area contributed by atoms with Crippen LogP contribution < -0.4 is 24.8 Å². The maximum atomic E-state index is 6.50. The van der Waals surface area contributed by atoms with Crippen molar-refractivity contribution in [3.63, 3.8) is 0 Å². The fourth-order valence-electron chi connectivity index (χ4n) is 3.26. The molecule has 0 aromatic rings. The van der Waals surface area contributed by atoms with Gasteiger partial charge in [-0.3, -0.25) is 6.08 Å². The molecule has 0 spiro atoms. The standard InChI is InChI=1S/C20H29O.2ClH.Ti/c1-5-6-15-21-20(16-17-11-7-8-12-17)14-10-9-13-18(20)19(2,3)4;;;/h7,9-11,13H,5-6,8,14-16H2,1-4H3;2*1H;/q-1;;;+3/p-2. The van der Waals surface area contributed by atoms with Crippen LogP contribution in [0.4, 0.5) is 0 Å². The van der Waals surface area contributed by atoms with Crippen LogP contribution in [0.25, 0.3) is 0 Å². The van der Waals surface area contributed by atoms with E-state index in [1.807, 2.05) is 0 Å². The summed E-state index contributed by atoms with van der Waals surface area (Å²) in [6, 6.07) is 0. The van der Waals surface area contributed by atoms with Crippen LogP contribution >= 0.6 is 0 Å². The van der Waals surface area contributed by atoms with Crippen molar-refractivity contribution in [2.75, 3.05) is 6.61 Å². The first kappa shape index (κ1) is 26.4. The van der Waals surface area contributed by atoms with E-state index in [0.29, 0.717) is 0 Å². The van der Waals surface area contributed by atoms with Gasteiger partial charge in [0.2, 0.25) is 0 Å². The summed E-state index contributed by atoms with van der Waals surface area (Å²) < 4.78 is 6.50. The van der Waals surface area contributed by atoms with E-state index in [0.717, 1.165) is 32.3 Å². The second-order valence-electron chi connectivity index (χ2n) is 7.14. The summed E-state index contributed by atoms with van der Waals surface area (Å²) in [5.41, 5.74) is 2.67. The molecule has 1 radical (unpaired) electrons. The Hall–Kier alpha value is 0.214. The topological polar surface area (TPSA) is 9.23 Å². The van der Waals surface area contributed by atoms with Crippen molar-refractivity contribution in [1.29, 1.82) is 0 Å². The summed E-state index contributed by atoms with van der Waals surface area (Å²) in [7, 11) is 0. The van der Waals surface area contributed by atoms with Gasteiger partial charge >= 0.3 is 21.7 Å². The second kappa shape index (κ2) is 11.8. The van der Waals surface area contributed by atoms with Gasteiger partial charge in [-0.2, -0.15) is 6.08 Å². The third kappa shape index (κ3) is 6.85. The molecule has 0 aliphatic heterocycles. The van der Waals surface area contributed by atoms with Gasteiger partial charge in [-0.25, -0.2) is 11.6 Å². The van der Waals surface area contributed by atoms with E-state index in [2.05, 4.69) is 64.2 Å². The minimum Gasteiger partial charge on any atom is -1.00 e. The number of rotatable bonds is 6. The number of unbranched alkanes of at least 4 members (excludes halogenated alkanes) is 1. The Kier molecular flexibility index (Phi) is 13.0. The van der Waals surface area contributed by atoms with Crippen molar-refractivity contribution in [1.82, 2.24) is 0 Å². The summed E-state index contributed by atoms with van der Waals surface area (Å²) in [6.45, 7) is 9.93. The van der Waals surface area contributed by atoms with Gasteiger partial charge in [-0.1, -0.05) is 52.3 Å². The molecule has 1 atom stereocenters. The largest absolute Gasteiger partial charge is 3.00 e. The van der Waals surface area contributed by atoms with Crippen molar-refractivity contribution < 1.29 is 51.3 Å². The minimum atomic E-state index is -0.181. The zero-order chi connectivity index (χ0) is 15.3. The number of halogens is 2. The summed E-state index contributed by atoms with van der Waals surface area (Å²) >= 11 is 0. The summed E-state index contributed by atoms with van der Waals surface area (Å²) in [4.78, 5) is 0. The van der Waals surface area contributed by atoms with Crippen LogP contribution in [0.3, 0.4) is 0 Å². The van der Waals surface area contributed by atoms with Crippen molar-refractivity contribution in [3.05, 3.63) is 47.6 Å². The molecule has 4 heteroatoms. The number of allylic oxidation sites excluding steroid dienone is 5. The average Bonchev–Trinajstić information content (AvgIpc) is 2.91. The third-order valence-electron chi connectivity index (χ3n) is 4.26. The van der Waals surface area contributed by atoms with Crippen LogP contribution in [0.2, 0.25) is 0 Å². The molecule has 0 N–H and O–H groups in total. The van der Waals surface area contributed by atoms with Crippen LogP contribution in [0.15, 0.2) is 41.5 Å². The molecule has 2 aliphatic carbocycles. The molecule has 2 aliphatic rings. The summed E-state index contributed by atoms with van der Waals surface area (Å²) in [5.74, 6) is 0. The Morgan fingerprint density at radius 2 is 1.92 bits per heavy atom. The first-order valence-corrected chi connectivity index (χ1v) is 8.26. The smallest absolute Gasteiger partial charge is 1.00 e. The Labute approximate surface area is 175 Å². The predicted molar refractivity (Wildman–Crippen MR) is 90.0 cm³/mol. The minimum absolute atomic E-state index is 0. The number of hydrogen-bond acceptors (Lipinski definition) is 1. The van der Waals surface area contributed by atoms with E-state index in [4.69, 9.17) is 4.74 Å². The van der Waals surface area contributed by atoms with Gasteiger partial charge in [0.15, 0.2) is 0 Å². The second-order valence-corrected chi connectivity index (χ2v) is 7.14. The average molecular weight is 404 g/mol. The molecule has 24 heavy (non-hydrogen) atoms. The van der Waals surface area contributed by atoms with E-state index in [-0.39, 0.29) is 57.5 Å². The first-order valence-electron chi connectivity index (χ1n) is 8.26. The molecule has 133 valence electrons. The van der Waals surface area contributed by atoms with Crippen LogP contribution in [0.1, 0.15) is 59.8 Å². The van der Waals surface area contributed by atoms with E-state index in [1.54, 1.807) is 0 Å². The molecule has 2 rings (SSSR count). The molecule has 0 fully saturated rings. The Balaban J connectivity index is 0. The monoisotopic (exact) mass is 403 g/mol. The molecule has 0 saturated heterocycles. The van der Waals surface area contributed by atoms with Gasteiger partial charge in [0, 0.05) is 6.61 Å². The van der Waals surface area contributed by atoms with Gasteiger partial charge in [-0.15, -0.1) is 6.42 Å². The van der Waals surface area contributed by atoms with Crippen LogP contribution in [-0.2, 0) is 26.5 Å². The molecule has 0 heterocycles. The molecule has 1 unspecified atom stereocenters. The van der Waals surface area contributed by atoms with Gasteiger partial charge in [-0.05, 0) is 30.3 Å². The maximum Gasteiger partial charge on any atom is 3.00 e. The Bertz CT molecular complexity index is 486. The first-order chi connectivity index (χ1) is 9.98. The molecule has 0 amide bonds. The molecule has 1 nitrogen and oxygen atoms in total. The molecule has 0 bridgehead atoms. The summed E-state index contributed by atoms with van der Waals surface area (Å²) in [6.07, 6.45) is 19.7. The molecular formula is C20H29Cl2OTi. The van der Waals surface area contributed by atoms with Crippen molar-refractivity contribution >= 4 is 0 Å². The maximum absolute atomic E-state index is 6.50. The fourth-order valence-corrected chi connectivity index (χ4v) is 3.26. The fraction of sp³-hybridized carbons (Fsp3) is 0.600. The van der Waals surface area contributed by atoms with Crippen LogP contribution in [0.5, 0.6) is 0 Å². The van der Waals surface area contributed by atoms with Crippen molar-refractivity contribution in [2.45, 2.75) is 65.4 Å². The van der Waals surface area contributed by atoms with Crippen LogP contribution in [-0.4, -0.2) is 12.2 Å². The van der Waals surface area contributed by atoms with E-state index < -0.39 is 0 Å². The van der Waals surface area contributed by atoms with Gasteiger partial charge < -0.3 is 29.6 Å². The third-order valence-corrected chi connectivity index (χ3v) is 4.26. The Morgan fingerprint density at radius 3 is 2.46 bits per heavy atom. The van der Waals surface area contributed by atoms with Crippen LogP contribution in [0, 0.1) is 11.5 Å².